The fraction of sp³-hybridized carbons (Fsp3) is 0.143. The van der Waals surface area contributed by atoms with Gasteiger partial charge in [-0.15, -0.1) is 0 Å². The van der Waals surface area contributed by atoms with E-state index in [0.29, 0.717) is 16.3 Å². The van der Waals surface area contributed by atoms with Crippen LogP contribution in [-0.4, -0.2) is 7.11 Å². The molecule has 0 fully saturated rings. The largest absolute Gasteiger partial charge is 0.497 e. The van der Waals surface area contributed by atoms with Crippen molar-refractivity contribution in [3.05, 3.63) is 58.6 Å². The first kappa shape index (κ1) is 13.6. The van der Waals surface area contributed by atoms with E-state index in [0.717, 1.165) is 0 Å². The molecule has 0 bridgehead atoms. The van der Waals surface area contributed by atoms with Crippen molar-refractivity contribution in [2.45, 2.75) is 6.54 Å². The van der Waals surface area contributed by atoms with Crippen LogP contribution in [0.4, 0.5) is 14.5 Å². The standard InChI is InChI=1S/C14H12ClF2NO/c1-19-9-5-6-13(17)14(7-9)18-8-10-11(15)3-2-4-12(10)16/h2-7,18H,8H2,1H3. The van der Waals surface area contributed by atoms with Crippen molar-refractivity contribution in [1.82, 2.24) is 0 Å². The molecule has 0 atom stereocenters. The highest BCUT2D eigenvalue weighted by Gasteiger charge is 2.09. The van der Waals surface area contributed by atoms with Crippen LogP contribution >= 0.6 is 11.6 Å². The highest BCUT2D eigenvalue weighted by atomic mass is 35.5. The first-order valence-corrected chi connectivity index (χ1v) is 6.00. The van der Waals surface area contributed by atoms with Crippen LogP contribution < -0.4 is 10.1 Å². The number of ether oxygens (including phenoxy) is 1. The van der Waals surface area contributed by atoms with Crippen molar-refractivity contribution in [1.29, 1.82) is 0 Å². The fourth-order valence-electron chi connectivity index (χ4n) is 1.65. The Morgan fingerprint density at radius 2 is 1.95 bits per heavy atom. The van der Waals surface area contributed by atoms with Gasteiger partial charge in [0.15, 0.2) is 0 Å². The maximum atomic E-state index is 13.6. The first-order chi connectivity index (χ1) is 9.11. The first-order valence-electron chi connectivity index (χ1n) is 5.62. The molecule has 0 saturated heterocycles. The van der Waals surface area contributed by atoms with Crippen LogP contribution in [0.2, 0.25) is 5.02 Å². The molecule has 1 N–H and O–H groups in total. The van der Waals surface area contributed by atoms with Gasteiger partial charge in [-0.1, -0.05) is 17.7 Å². The van der Waals surface area contributed by atoms with E-state index in [1.54, 1.807) is 6.07 Å². The van der Waals surface area contributed by atoms with Crippen molar-refractivity contribution in [3.8, 4) is 5.75 Å². The Labute approximate surface area is 115 Å². The van der Waals surface area contributed by atoms with E-state index in [-0.39, 0.29) is 12.2 Å². The number of hydrogen-bond acceptors (Lipinski definition) is 2. The average Bonchev–Trinajstić information content (AvgIpc) is 2.40. The molecule has 100 valence electrons. The Kier molecular flexibility index (Phi) is 4.22. The van der Waals surface area contributed by atoms with Gasteiger partial charge in [0.1, 0.15) is 17.4 Å². The van der Waals surface area contributed by atoms with E-state index in [1.165, 1.54) is 37.4 Å². The summed E-state index contributed by atoms with van der Waals surface area (Å²) in [6.45, 7) is 0.0929. The number of benzene rings is 2. The molecule has 0 unspecified atom stereocenters. The van der Waals surface area contributed by atoms with E-state index in [4.69, 9.17) is 16.3 Å². The summed E-state index contributed by atoms with van der Waals surface area (Å²) >= 11 is 5.90. The summed E-state index contributed by atoms with van der Waals surface area (Å²) in [6, 6.07) is 8.71. The molecule has 19 heavy (non-hydrogen) atoms. The van der Waals surface area contributed by atoms with Crippen LogP contribution in [0.3, 0.4) is 0 Å². The zero-order valence-electron chi connectivity index (χ0n) is 10.2. The summed E-state index contributed by atoms with van der Waals surface area (Å²) in [5, 5.41) is 3.11. The zero-order chi connectivity index (χ0) is 13.8. The molecule has 5 heteroatoms. The van der Waals surface area contributed by atoms with Crippen molar-refractivity contribution in [2.24, 2.45) is 0 Å². The van der Waals surface area contributed by atoms with Crippen molar-refractivity contribution >= 4 is 17.3 Å². The summed E-state index contributed by atoms with van der Waals surface area (Å²) in [6.07, 6.45) is 0. The molecule has 2 aromatic carbocycles. The average molecular weight is 284 g/mol. The minimum absolute atomic E-state index is 0.0929. The maximum Gasteiger partial charge on any atom is 0.146 e. The molecule has 0 heterocycles. The predicted octanol–water partition coefficient (Wildman–Crippen LogP) is 4.24. The normalized spacial score (nSPS) is 10.3. The van der Waals surface area contributed by atoms with Gasteiger partial charge in [0.2, 0.25) is 0 Å². The third kappa shape index (κ3) is 3.15. The van der Waals surface area contributed by atoms with Gasteiger partial charge in [0.25, 0.3) is 0 Å². The molecule has 2 nitrogen and oxygen atoms in total. The van der Waals surface area contributed by atoms with Crippen LogP contribution in [0, 0.1) is 11.6 Å². The minimum Gasteiger partial charge on any atom is -0.497 e. The van der Waals surface area contributed by atoms with Crippen LogP contribution in [0.15, 0.2) is 36.4 Å². The zero-order valence-corrected chi connectivity index (χ0v) is 11.0. The minimum atomic E-state index is -0.437. The summed E-state index contributed by atoms with van der Waals surface area (Å²) in [5.41, 5.74) is 0.532. The third-order valence-electron chi connectivity index (χ3n) is 2.69. The Bertz CT molecular complexity index is 569. The Morgan fingerprint density at radius 1 is 1.16 bits per heavy atom. The van der Waals surface area contributed by atoms with E-state index < -0.39 is 11.6 Å². The summed E-state index contributed by atoms with van der Waals surface area (Å²) in [7, 11) is 1.49. The lowest BCUT2D eigenvalue weighted by Crippen LogP contribution is -2.04. The van der Waals surface area contributed by atoms with Gasteiger partial charge in [-0.25, -0.2) is 8.78 Å². The monoisotopic (exact) mass is 283 g/mol. The van der Waals surface area contributed by atoms with Crippen molar-refractivity contribution in [2.75, 3.05) is 12.4 Å². The second-order valence-corrected chi connectivity index (χ2v) is 4.31. The Balaban J connectivity index is 2.19. The van der Waals surface area contributed by atoms with Gasteiger partial charge in [0, 0.05) is 23.2 Å². The van der Waals surface area contributed by atoms with Gasteiger partial charge >= 0.3 is 0 Å². The highest BCUT2D eigenvalue weighted by Crippen LogP contribution is 2.24. The molecule has 0 aliphatic rings. The SMILES string of the molecule is COc1ccc(F)c(NCc2c(F)cccc2Cl)c1. The number of rotatable bonds is 4. The van der Waals surface area contributed by atoms with E-state index in [9.17, 15) is 8.78 Å². The van der Waals surface area contributed by atoms with Gasteiger partial charge in [0.05, 0.1) is 12.8 Å². The second kappa shape index (κ2) is 5.89. The number of halogens is 3. The Morgan fingerprint density at radius 3 is 2.63 bits per heavy atom. The molecule has 0 aliphatic heterocycles. The van der Waals surface area contributed by atoms with Crippen LogP contribution in [0.1, 0.15) is 5.56 Å². The lowest BCUT2D eigenvalue weighted by atomic mass is 10.2. The molecule has 2 rings (SSSR count). The molecule has 0 aromatic heterocycles. The number of anilines is 1. The van der Waals surface area contributed by atoms with E-state index in [2.05, 4.69) is 5.32 Å². The second-order valence-electron chi connectivity index (χ2n) is 3.90. The number of nitrogens with one attached hydrogen (secondary N) is 1. The molecular formula is C14H12ClF2NO. The summed E-state index contributed by atoms with van der Waals surface area (Å²) in [5.74, 6) is -0.347. The lowest BCUT2D eigenvalue weighted by Gasteiger charge is -2.11. The van der Waals surface area contributed by atoms with Crippen LogP contribution in [-0.2, 0) is 6.54 Å². The van der Waals surface area contributed by atoms with Gasteiger partial charge in [-0.3, -0.25) is 0 Å². The number of methoxy groups -OCH3 is 1. The summed E-state index contributed by atoms with van der Waals surface area (Å²) in [4.78, 5) is 0. The Hall–Kier alpha value is -1.81. The van der Waals surface area contributed by atoms with Gasteiger partial charge in [-0.2, -0.15) is 0 Å². The molecule has 0 amide bonds. The maximum absolute atomic E-state index is 13.6. The van der Waals surface area contributed by atoms with Gasteiger partial charge in [-0.05, 0) is 24.3 Å². The van der Waals surface area contributed by atoms with E-state index in [1.807, 2.05) is 0 Å². The topological polar surface area (TPSA) is 21.3 Å². The molecular weight excluding hydrogens is 272 g/mol. The van der Waals surface area contributed by atoms with E-state index >= 15 is 0 Å². The van der Waals surface area contributed by atoms with Gasteiger partial charge < -0.3 is 10.1 Å². The smallest absolute Gasteiger partial charge is 0.146 e. The lowest BCUT2D eigenvalue weighted by molar-refractivity contribution is 0.414. The van der Waals surface area contributed by atoms with Crippen molar-refractivity contribution in [3.63, 3.8) is 0 Å². The molecule has 0 aliphatic carbocycles. The molecule has 0 radical (unpaired) electrons. The van der Waals surface area contributed by atoms with Crippen molar-refractivity contribution < 1.29 is 13.5 Å². The summed E-state index contributed by atoms with van der Waals surface area (Å²) < 4.78 is 32.1. The predicted molar refractivity (Wildman–Crippen MR) is 71.7 cm³/mol. The highest BCUT2D eigenvalue weighted by molar-refractivity contribution is 6.31. The third-order valence-corrected chi connectivity index (χ3v) is 3.04. The van der Waals surface area contributed by atoms with Crippen LogP contribution in [0.25, 0.3) is 0 Å². The van der Waals surface area contributed by atoms with Crippen LogP contribution in [0.5, 0.6) is 5.75 Å². The molecule has 0 spiro atoms. The fourth-order valence-corrected chi connectivity index (χ4v) is 1.88. The molecule has 2 aromatic rings. The molecule has 0 saturated carbocycles. The number of hydrogen-bond donors (Lipinski definition) is 1. The quantitative estimate of drug-likeness (QED) is 0.906.